The van der Waals surface area contributed by atoms with Gasteiger partial charge in [0.25, 0.3) is 5.91 Å². The van der Waals surface area contributed by atoms with Crippen molar-refractivity contribution in [2.45, 2.75) is 39.7 Å². The SMILES string of the molecule is CCCN(CCC)C(=O)C1=Cc2ccc(C(=O)Nc3cncc(CNC(=O)CNC(=O)O)c3)cc2N=C(N)C1. The first kappa shape index (κ1) is 28.8. The zero-order chi connectivity index (χ0) is 28.4. The fourth-order valence-corrected chi connectivity index (χ4v) is 4.00. The van der Waals surface area contributed by atoms with Crippen LogP contribution in [0.5, 0.6) is 0 Å². The van der Waals surface area contributed by atoms with E-state index in [0.717, 1.165) is 12.8 Å². The first-order valence-electron chi connectivity index (χ1n) is 12.7. The summed E-state index contributed by atoms with van der Waals surface area (Å²) in [6, 6.07) is 6.64. The number of nitrogens with zero attached hydrogens (tertiary/aromatic N) is 3. The molecule has 12 nitrogen and oxygen atoms in total. The quantitative estimate of drug-likeness (QED) is 0.293. The summed E-state index contributed by atoms with van der Waals surface area (Å²) < 4.78 is 0. The molecule has 0 aliphatic carbocycles. The summed E-state index contributed by atoms with van der Waals surface area (Å²) in [5.74, 6) is -0.676. The lowest BCUT2D eigenvalue weighted by atomic mass is 10.0. The van der Waals surface area contributed by atoms with Crippen molar-refractivity contribution in [1.82, 2.24) is 20.5 Å². The minimum absolute atomic E-state index is 0.0618. The molecule has 2 aromatic rings. The van der Waals surface area contributed by atoms with Crippen LogP contribution in [0.4, 0.5) is 16.2 Å². The Kier molecular flexibility index (Phi) is 10.1. The highest BCUT2D eigenvalue weighted by Crippen LogP contribution is 2.29. The molecule has 0 saturated carbocycles. The number of pyridine rings is 1. The van der Waals surface area contributed by atoms with Gasteiger partial charge < -0.3 is 31.7 Å². The monoisotopic (exact) mass is 535 g/mol. The highest BCUT2D eigenvalue weighted by molar-refractivity contribution is 6.07. The van der Waals surface area contributed by atoms with Crippen LogP contribution in [-0.2, 0) is 16.1 Å². The van der Waals surface area contributed by atoms with Gasteiger partial charge in [0.1, 0.15) is 5.84 Å². The number of rotatable bonds is 11. The number of carboxylic acid groups (broad SMARTS) is 1. The number of hydrogen-bond donors (Lipinski definition) is 5. The zero-order valence-corrected chi connectivity index (χ0v) is 22.0. The predicted octanol–water partition coefficient (Wildman–Crippen LogP) is 2.64. The van der Waals surface area contributed by atoms with Crippen LogP contribution in [0.15, 0.2) is 47.2 Å². The second kappa shape index (κ2) is 13.7. The van der Waals surface area contributed by atoms with Crippen molar-refractivity contribution in [2.75, 3.05) is 25.0 Å². The van der Waals surface area contributed by atoms with Crippen molar-refractivity contribution in [1.29, 1.82) is 0 Å². The topological polar surface area (TPSA) is 179 Å². The van der Waals surface area contributed by atoms with Gasteiger partial charge in [0.05, 0.1) is 24.1 Å². The molecule has 1 aromatic carbocycles. The molecule has 206 valence electrons. The molecule has 2 heterocycles. The number of benzene rings is 1. The molecule has 0 radical (unpaired) electrons. The van der Waals surface area contributed by atoms with Crippen molar-refractivity contribution in [3.05, 3.63) is 58.9 Å². The normalized spacial score (nSPS) is 12.3. The predicted molar refractivity (Wildman–Crippen MR) is 148 cm³/mol. The summed E-state index contributed by atoms with van der Waals surface area (Å²) in [5.41, 5.74) is 9.24. The molecular weight excluding hydrogens is 502 g/mol. The van der Waals surface area contributed by atoms with E-state index in [9.17, 15) is 19.2 Å². The fourth-order valence-electron chi connectivity index (χ4n) is 4.00. The molecule has 0 saturated heterocycles. The Morgan fingerprint density at radius 3 is 2.49 bits per heavy atom. The van der Waals surface area contributed by atoms with E-state index in [4.69, 9.17) is 10.8 Å². The standard InChI is InChI=1S/C27H33N7O5/c1-3-7-34(8-4-2)26(37)20-10-18-5-6-19(11-22(18)33-23(28)12-20)25(36)32-21-9-17(13-29-15-21)14-30-24(35)16-31-27(38)39/h5-6,9-11,13,15,31H,3-4,7-8,12,14,16H2,1-2H3,(H2,28,33)(H,30,35)(H,32,36)(H,38,39). The average Bonchev–Trinajstić information content (AvgIpc) is 3.07. The van der Waals surface area contributed by atoms with Gasteiger partial charge in [-0.05, 0) is 42.7 Å². The third-order valence-corrected chi connectivity index (χ3v) is 5.75. The molecule has 12 heteroatoms. The molecule has 1 aliphatic heterocycles. The van der Waals surface area contributed by atoms with Crippen LogP contribution in [0.25, 0.3) is 6.08 Å². The third-order valence-electron chi connectivity index (χ3n) is 5.75. The maximum atomic E-state index is 13.2. The summed E-state index contributed by atoms with van der Waals surface area (Å²) in [5, 5.41) is 15.9. The Labute approximate surface area is 226 Å². The minimum Gasteiger partial charge on any atom is -0.465 e. The van der Waals surface area contributed by atoms with Crippen molar-refractivity contribution in [3.63, 3.8) is 0 Å². The molecule has 39 heavy (non-hydrogen) atoms. The number of hydrogen-bond acceptors (Lipinski definition) is 7. The average molecular weight is 536 g/mol. The number of fused-ring (bicyclic) bond motifs is 1. The molecule has 0 unspecified atom stereocenters. The number of carbonyl (C=O) groups excluding carboxylic acids is 3. The Balaban J connectivity index is 1.72. The van der Waals surface area contributed by atoms with Gasteiger partial charge in [-0.15, -0.1) is 0 Å². The van der Waals surface area contributed by atoms with Crippen LogP contribution in [0, 0.1) is 0 Å². The van der Waals surface area contributed by atoms with E-state index in [-0.39, 0.29) is 31.3 Å². The van der Waals surface area contributed by atoms with Crippen LogP contribution < -0.4 is 21.7 Å². The maximum Gasteiger partial charge on any atom is 0.405 e. The molecular formula is C27H33N7O5. The molecule has 0 bridgehead atoms. The number of anilines is 1. The Morgan fingerprint density at radius 1 is 1.05 bits per heavy atom. The first-order valence-corrected chi connectivity index (χ1v) is 12.7. The fraction of sp³-hybridized carbons (Fsp3) is 0.333. The Bertz CT molecular complexity index is 1300. The first-order chi connectivity index (χ1) is 18.7. The van der Waals surface area contributed by atoms with E-state index in [1.54, 1.807) is 30.3 Å². The molecule has 0 fully saturated rings. The molecule has 0 spiro atoms. The van der Waals surface area contributed by atoms with Gasteiger partial charge in [0.2, 0.25) is 11.8 Å². The summed E-state index contributed by atoms with van der Waals surface area (Å²) in [6.45, 7) is 5.12. The van der Waals surface area contributed by atoms with Crippen molar-refractivity contribution in [3.8, 4) is 0 Å². The van der Waals surface area contributed by atoms with Gasteiger partial charge in [-0.1, -0.05) is 19.9 Å². The summed E-state index contributed by atoms with van der Waals surface area (Å²) >= 11 is 0. The number of nitrogens with one attached hydrogen (secondary N) is 3. The van der Waals surface area contributed by atoms with Crippen LogP contribution >= 0.6 is 0 Å². The second-order valence-corrected chi connectivity index (χ2v) is 8.99. The second-order valence-electron chi connectivity index (χ2n) is 8.99. The lowest BCUT2D eigenvalue weighted by molar-refractivity contribution is -0.127. The molecule has 1 aliphatic rings. The number of amides is 4. The third kappa shape index (κ3) is 8.38. The van der Waals surface area contributed by atoms with Crippen LogP contribution in [0.1, 0.15) is 54.6 Å². The minimum atomic E-state index is -1.29. The number of aliphatic imine (C=N–C) groups is 1. The largest absolute Gasteiger partial charge is 0.465 e. The summed E-state index contributed by atoms with van der Waals surface area (Å²) in [6.07, 6.45) is 5.42. The lowest BCUT2D eigenvalue weighted by Crippen LogP contribution is -2.35. The van der Waals surface area contributed by atoms with Gasteiger partial charge >= 0.3 is 6.09 Å². The Hall–Kier alpha value is -4.74. The van der Waals surface area contributed by atoms with E-state index >= 15 is 0 Å². The molecule has 4 amide bonds. The Morgan fingerprint density at radius 2 is 1.79 bits per heavy atom. The lowest BCUT2D eigenvalue weighted by Gasteiger charge is -2.22. The van der Waals surface area contributed by atoms with Gasteiger partial charge in [0, 0.05) is 49.0 Å². The number of aromatic nitrogens is 1. The molecule has 0 atom stereocenters. The van der Waals surface area contributed by atoms with Crippen LogP contribution in [0.3, 0.4) is 0 Å². The smallest absolute Gasteiger partial charge is 0.405 e. The molecule has 6 N–H and O–H groups in total. The van der Waals surface area contributed by atoms with Crippen LogP contribution in [0.2, 0.25) is 0 Å². The van der Waals surface area contributed by atoms with E-state index in [1.165, 1.54) is 12.4 Å². The van der Waals surface area contributed by atoms with E-state index in [1.807, 2.05) is 24.1 Å². The highest BCUT2D eigenvalue weighted by Gasteiger charge is 2.21. The van der Waals surface area contributed by atoms with Crippen molar-refractivity contribution < 1.29 is 24.3 Å². The summed E-state index contributed by atoms with van der Waals surface area (Å²) in [4.78, 5) is 58.7. The van der Waals surface area contributed by atoms with E-state index < -0.39 is 17.9 Å². The van der Waals surface area contributed by atoms with Crippen molar-refractivity contribution >= 4 is 47.1 Å². The van der Waals surface area contributed by atoms with Gasteiger partial charge in [0.15, 0.2) is 0 Å². The van der Waals surface area contributed by atoms with Crippen molar-refractivity contribution in [2.24, 2.45) is 10.7 Å². The number of nitrogens with two attached hydrogens (primary N) is 1. The van der Waals surface area contributed by atoms with E-state index in [0.29, 0.717) is 46.7 Å². The van der Waals surface area contributed by atoms with Gasteiger partial charge in [-0.25, -0.2) is 9.79 Å². The van der Waals surface area contributed by atoms with Gasteiger partial charge in [-0.2, -0.15) is 0 Å². The highest BCUT2D eigenvalue weighted by atomic mass is 16.4. The van der Waals surface area contributed by atoms with Crippen LogP contribution in [-0.4, -0.2) is 64.3 Å². The summed E-state index contributed by atoms with van der Waals surface area (Å²) in [7, 11) is 0. The molecule has 3 rings (SSSR count). The van der Waals surface area contributed by atoms with E-state index in [2.05, 4.69) is 20.6 Å². The maximum absolute atomic E-state index is 13.2. The number of amidine groups is 1. The van der Waals surface area contributed by atoms with Gasteiger partial charge in [-0.3, -0.25) is 19.4 Å². The number of carbonyl (C=O) groups is 4. The molecule has 1 aromatic heterocycles. The zero-order valence-electron chi connectivity index (χ0n) is 22.0.